The molecule has 1 saturated heterocycles. The van der Waals surface area contributed by atoms with Crippen LogP contribution in [0.2, 0.25) is 0 Å². The number of likely N-dealkylation sites (tertiary alicyclic amines) is 1. The molecule has 2 aromatic rings. The first kappa shape index (κ1) is 19.3. The molecule has 1 N–H and O–H groups in total. The van der Waals surface area contributed by atoms with Gasteiger partial charge in [-0.1, -0.05) is 11.3 Å². The lowest BCUT2D eigenvalue weighted by Gasteiger charge is -2.29. The number of anilines is 1. The number of amides is 2. The van der Waals surface area contributed by atoms with Crippen LogP contribution in [0.5, 0.6) is 0 Å². The summed E-state index contributed by atoms with van der Waals surface area (Å²) in [7, 11) is 1.68. The largest absolute Gasteiger partial charge is 0.381 e. The van der Waals surface area contributed by atoms with Gasteiger partial charge in [0.1, 0.15) is 6.17 Å². The van der Waals surface area contributed by atoms with Gasteiger partial charge in [0.15, 0.2) is 5.13 Å². The van der Waals surface area contributed by atoms with Gasteiger partial charge in [-0.3, -0.25) is 9.59 Å². The first-order valence-corrected chi connectivity index (χ1v) is 10.5. The van der Waals surface area contributed by atoms with E-state index in [0.717, 1.165) is 29.5 Å². The fourth-order valence-corrected chi connectivity index (χ4v) is 4.91. The Hall–Kier alpha value is -2.06. The number of nitrogens with one attached hydrogen (secondary N) is 1. The van der Waals surface area contributed by atoms with Gasteiger partial charge in [-0.15, -0.1) is 0 Å². The van der Waals surface area contributed by atoms with Gasteiger partial charge in [0, 0.05) is 25.1 Å². The number of piperidine rings is 1. The van der Waals surface area contributed by atoms with Gasteiger partial charge in [0.25, 0.3) is 5.91 Å². The molecule has 2 aliphatic rings. The van der Waals surface area contributed by atoms with Crippen LogP contribution in [0.3, 0.4) is 0 Å². The monoisotopic (exact) mass is 405 g/mol. The number of halogens is 1. The molecule has 8 heteroatoms. The Bertz CT molecular complexity index is 887. The highest BCUT2D eigenvalue weighted by molar-refractivity contribution is 7.22. The molecule has 1 aliphatic heterocycles. The second kappa shape index (κ2) is 8.13. The molecule has 6 nitrogen and oxygen atoms in total. The van der Waals surface area contributed by atoms with E-state index in [4.69, 9.17) is 4.74 Å². The summed E-state index contributed by atoms with van der Waals surface area (Å²) in [6.45, 7) is 0.746. The lowest BCUT2D eigenvalue weighted by molar-refractivity contribution is -0.119. The summed E-state index contributed by atoms with van der Waals surface area (Å²) < 4.78 is 19.8. The predicted octanol–water partition coefficient (Wildman–Crippen LogP) is 3.62. The van der Waals surface area contributed by atoms with Crippen LogP contribution in [0.15, 0.2) is 18.2 Å². The van der Waals surface area contributed by atoms with Gasteiger partial charge in [-0.25, -0.2) is 9.37 Å². The number of ether oxygens (including phenoxy) is 1. The van der Waals surface area contributed by atoms with E-state index in [0.29, 0.717) is 30.1 Å². The van der Waals surface area contributed by atoms with Crippen LogP contribution in [-0.2, 0) is 9.53 Å². The molecule has 4 rings (SSSR count). The van der Waals surface area contributed by atoms with Crippen molar-refractivity contribution in [2.24, 2.45) is 5.92 Å². The van der Waals surface area contributed by atoms with Crippen molar-refractivity contribution in [3.63, 3.8) is 0 Å². The third kappa shape index (κ3) is 4.03. The van der Waals surface area contributed by atoms with Gasteiger partial charge in [-0.2, -0.15) is 0 Å². The van der Waals surface area contributed by atoms with E-state index < -0.39 is 6.17 Å². The summed E-state index contributed by atoms with van der Waals surface area (Å²) in [5.41, 5.74) is 1.27. The molecule has 150 valence electrons. The summed E-state index contributed by atoms with van der Waals surface area (Å²) in [4.78, 5) is 31.2. The number of nitrogens with zero attached hydrogens (tertiary/aromatic N) is 2. The smallest absolute Gasteiger partial charge is 0.254 e. The zero-order chi connectivity index (χ0) is 19.7. The van der Waals surface area contributed by atoms with Crippen molar-refractivity contribution >= 4 is 38.5 Å². The highest BCUT2D eigenvalue weighted by atomic mass is 32.1. The van der Waals surface area contributed by atoms with Gasteiger partial charge in [0.2, 0.25) is 5.91 Å². The van der Waals surface area contributed by atoms with Crippen LogP contribution in [-0.4, -0.2) is 54.2 Å². The van der Waals surface area contributed by atoms with Crippen molar-refractivity contribution in [2.45, 2.75) is 44.4 Å². The number of alkyl halides is 1. The highest BCUT2D eigenvalue weighted by Crippen LogP contribution is 2.31. The molecule has 3 unspecified atom stereocenters. The van der Waals surface area contributed by atoms with Crippen molar-refractivity contribution in [1.82, 2.24) is 9.88 Å². The summed E-state index contributed by atoms with van der Waals surface area (Å²) in [6.07, 6.45) is 2.87. The van der Waals surface area contributed by atoms with E-state index >= 15 is 0 Å². The number of hydrogen-bond acceptors (Lipinski definition) is 5. The van der Waals surface area contributed by atoms with Crippen LogP contribution in [0.25, 0.3) is 10.2 Å². The number of methoxy groups -OCH3 is 1. The van der Waals surface area contributed by atoms with E-state index in [-0.39, 0.29) is 30.4 Å². The molecular weight excluding hydrogens is 381 g/mol. The molecule has 1 saturated carbocycles. The third-order valence-electron chi connectivity index (χ3n) is 5.61. The summed E-state index contributed by atoms with van der Waals surface area (Å²) >= 11 is 1.35. The maximum atomic E-state index is 13.6. The van der Waals surface area contributed by atoms with Gasteiger partial charge >= 0.3 is 0 Å². The fourth-order valence-electron chi connectivity index (χ4n) is 4.00. The average molecular weight is 405 g/mol. The Morgan fingerprint density at radius 1 is 1.32 bits per heavy atom. The summed E-state index contributed by atoms with van der Waals surface area (Å²) in [5.74, 6) is -0.237. The first-order valence-electron chi connectivity index (χ1n) is 9.71. The quantitative estimate of drug-likeness (QED) is 0.843. The summed E-state index contributed by atoms with van der Waals surface area (Å²) in [5, 5.41) is 3.44. The maximum Gasteiger partial charge on any atom is 0.254 e. The summed E-state index contributed by atoms with van der Waals surface area (Å²) in [6, 6.07) is 5.28. The van der Waals surface area contributed by atoms with E-state index in [1.54, 1.807) is 30.2 Å². The van der Waals surface area contributed by atoms with E-state index in [1.165, 1.54) is 11.3 Å². The number of fused-ring (bicyclic) bond motifs is 1. The fraction of sp³-hybridized carbons (Fsp3) is 0.550. The van der Waals surface area contributed by atoms with E-state index in [2.05, 4.69) is 10.3 Å². The SMILES string of the molecule is COC1CCC(C(=O)Nc2nc3ccc(C(=O)N4CCCC(F)C4)cc3s2)C1. The van der Waals surface area contributed by atoms with Crippen LogP contribution >= 0.6 is 11.3 Å². The standard InChI is InChI=1S/C20H24FN3O3S/c1-27-15-6-4-12(9-15)18(25)23-20-22-16-7-5-13(10-17(16)28-20)19(26)24-8-2-3-14(21)11-24/h5,7,10,12,14-15H,2-4,6,8-9,11H2,1H3,(H,22,23,25). The zero-order valence-electron chi connectivity index (χ0n) is 15.8. The van der Waals surface area contributed by atoms with Crippen LogP contribution in [0, 0.1) is 5.92 Å². The molecule has 28 heavy (non-hydrogen) atoms. The molecule has 2 heterocycles. The van der Waals surface area contributed by atoms with Gasteiger partial charge < -0.3 is 15.0 Å². The Morgan fingerprint density at radius 3 is 2.93 bits per heavy atom. The van der Waals surface area contributed by atoms with Crippen molar-refractivity contribution in [3.8, 4) is 0 Å². The van der Waals surface area contributed by atoms with Gasteiger partial charge in [-0.05, 0) is 50.3 Å². The van der Waals surface area contributed by atoms with Crippen LogP contribution in [0.1, 0.15) is 42.5 Å². The Labute approximate surface area is 167 Å². The average Bonchev–Trinajstić information content (AvgIpc) is 3.33. The lowest BCUT2D eigenvalue weighted by Crippen LogP contribution is -2.40. The van der Waals surface area contributed by atoms with Crippen LogP contribution in [0.4, 0.5) is 9.52 Å². The molecule has 1 aromatic heterocycles. The normalized spacial score (nSPS) is 25.2. The number of carbonyl (C=O) groups is 2. The molecule has 0 radical (unpaired) electrons. The molecule has 2 fully saturated rings. The number of rotatable bonds is 4. The topological polar surface area (TPSA) is 71.5 Å². The second-order valence-corrected chi connectivity index (χ2v) is 8.58. The molecular formula is C20H24FN3O3S. The Morgan fingerprint density at radius 2 is 2.18 bits per heavy atom. The van der Waals surface area contributed by atoms with Crippen molar-refractivity contribution in [2.75, 3.05) is 25.5 Å². The van der Waals surface area contributed by atoms with Crippen molar-refractivity contribution in [1.29, 1.82) is 0 Å². The minimum atomic E-state index is -0.944. The zero-order valence-corrected chi connectivity index (χ0v) is 16.6. The number of hydrogen-bond donors (Lipinski definition) is 1. The lowest BCUT2D eigenvalue weighted by atomic mass is 10.1. The molecule has 0 bridgehead atoms. The minimum Gasteiger partial charge on any atom is -0.381 e. The van der Waals surface area contributed by atoms with E-state index in [9.17, 15) is 14.0 Å². The number of thiazole rings is 1. The van der Waals surface area contributed by atoms with E-state index in [1.807, 2.05) is 0 Å². The molecule has 3 atom stereocenters. The number of aromatic nitrogens is 1. The maximum absolute atomic E-state index is 13.6. The number of benzene rings is 1. The minimum absolute atomic E-state index is 0.0304. The van der Waals surface area contributed by atoms with Crippen LogP contribution < -0.4 is 5.32 Å². The highest BCUT2D eigenvalue weighted by Gasteiger charge is 2.30. The van der Waals surface area contributed by atoms with Crippen molar-refractivity contribution in [3.05, 3.63) is 23.8 Å². The molecule has 1 aromatic carbocycles. The number of carbonyl (C=O) groups excluding carboxylic acids is 2. The Kier molecular flexibility index (Phi) is 5.59. The molecule has 1 aliphatic carbocycles. The van der Waals surface area contributed by atoms with Crippen molar-refractivity contribution < 1.29 is 18.7 Å². The molecule has 2 amide bonds. The molecule has 0 spiro atoms. The predicted molar refractivity (Wildman–Crippen MR) is 106 cm³/mol. The second-order valence-electron chi connectivity index (χ2n) is 7.55. The van der Waals surface area contributed by atoms with Gasteiger partial charge in [0.05, 0.1) is 22.9 Å². The third-order valence-corrected chi connectivity index (χ3v) is 6.54. The Balaban J connectivity index is 1.46. The first-order chi connectivity index (χ1) is 13.5.